The molecule has 1 unspecified atom stereocenters. The van der Waals surface area contributed by atoms with Crippen molar-refractivity contribution >= 4 is 5.69 Å². The highest BCUT2D eigenvalue weighted by Gasteiger charge is 2.23. The van der Waals surface area contributed by atoms with E-state index in [9.17, 15) is 0 Å². The van der Waals surface area contributed by atoms with Crippen LogP contribution in [-0.4, -0.2) is 39.3 Å². The number of nitrogens with one attached hydrogen (secondary N) is 1. The fourth-order valence-electron chi connectivity index (χ4n) is 3.27. The van der Waals surface area contributed by atoms with Crippen molar-refractivity contribution in [2.45, 2.75) is 19.5 Å². The molecule has 1 atom stereocenters. The van der Waals surface area contributed by atoms with Crippen LogP contribution in [0.15, 0.2) is 30.6 Å². The first-order chi connectivity index (χ1) is 9.88. The number of aromatic nitrogens is 3. The van der Waals surface area contributed by atoms with Crippen molar-refractivity contribution in [1.29, 1.82) is 0 Å². The van der Waals surface area contributed by atoms with Gasteiger partial charge >= 0.3 is 0 Å². The molecule has 5 nitrogen and oxygen atoms in total. The zero-order valence-electron chi connectivity index (χ0n) is 11.5. The molecule has 2 aromatic rings. The fraction of sp³-hybridized carbons (Fsp3) is 0.467. The molecule has 0 fully saturated rings. The van der Waals surface area contributed by atoms with Crippen molar-refractivity contribution in [2.24, 2.45) is 5.92 Å². The minimum atomic E-state index is 0.680. The topological polar surface area (TPSA) is 46.0 Å². The molecule has 2 aliphatic heterocycles. The Morgan fingerprint density at radius 1 is 1.25 bits per heavy atom. The minimum Gasteiger partial charge on any atom is -0.384 e. The Balaban J connectivity index is 1.42. The standard InChI is InChI=1S/C15H19N5/c1-2-4-14-13(3-1)7-12(8-16-14)9-19-5-6-20-11-17-18-15(20)10-19/h1-4,11-12,16H,5-10H2. The Hall–Kier alpha value is -1.88. The fourth-order valence-corrected chi connectivity index (χ4v) is 3.27. The van der Waals surface area contributed by atoms with Crippen LogP contribution in [0.2, 0.25) is 0 Å². The predicted molar refractivity (Wildman–Crippen MR) is 77.4 cm³/mol. The summed E-state index contributed by atoms with van der Waals surface area (Å²) >= 11 is 0. The minimum absolute atomic E-state index is 0.680. The van der Waals surface area contributed by atoms with Crippen LogP contribution in [0.3, 0.4) is 0 Å². The number of benzene rings is 1. The van der Waals surface area contributed by atoms with E-state index in [4.69, 9.17) is 0 Å². The average molecular weight is 269 g/mol. The Morgan fingerprint density at radius 3 is 3.20 bits per heavy atom. The number of hydrogen-bond donors (Lipinski definition) is 1. The summed E-state index contributed by atoms with van der Waals surface area (Å²) < 4.78 is 2.16. The number of hydrogen-bond acceptors (Lipinski definition) is 4. The zero-order valence-corrected chi connectivity index (χ0v) is 11.5. The van der Waals surface area contributed by atoms with Crippen LogP contribution in [0.4, 0.5) is 5.69 Å². The van der Waals surface area contributed by atoms with Crippen molar-refractivity contribution in [3.8, 4) is 0 Å². The predicted octanol–water partition coefficient (Wildman–Crippen LogP) is 1.38. The van der Waals surface area contributed by atoms with Gasteiger partial charge in [-0.05, 0) is 24.0 Å². The molecule has 5 heteroatoms. The molecule has 1 N–H and O–H groups in total. The highest BCUT2D eigenvalue weighted by molar-refractivity contribution is 5.53. The van der Waals surface area contributed by atoms with E-state index >= 15 is 0 Å². The second kappa shape index (κ2) is 4.90. The Bertz CT molecular complexity index is 606. The Kier molecular flexibility index (Phi) is 2.92. The molecule has 0 spiro atoms. The number of para-hydroxylation sites is 1. The first-order valence-corrected chi connectivity index (χ1v) is 7.29. The van der Waals surface area contributed by atoms with E-state index in [1.165, 1.54) is 17.7 Å². The van der Waals surface area contributed by atoms with E-state index in [1.54, 1.807) is 0 Å². The normalized spacial score (nSPS) is 21.9. The lowest BCUT2D eigenvalue weighted by atomic mass is 9.93. The van der Waals surface area contributed by atoms with Crippen LogP contribution in [0.1, 0.15) is 11.4 Å². The maximum absolute atomic E-state index is 4.19. The lowest BCUT2D eigenvalue weighted by Gasteiger charge is -2.33. The molecule has 1 aromatic heterocycles. The van der Waals surface area contributed by atoms with Crippen molar-refractivity contribution in [3.05, 3.63) is 42.0 Å². The molecule has 1 aromatic carbocycles. The molecule has 2 aliphatic rings. The van der Waals surface area contributed by atoms with Gasteiger partial charge in [-0.15, -0.1) is 10.2 Å². The van der Waals surface area contributed by atoms with E-state index in [2.05, 4.69) is 49.2 Å². The highest BCUT2D eigenvalue weighted by atomic mass is 15.3. The van der Waals surface area contributed by atoms with E-state index < -0.39 is 0 Å². The smallest absolute Gasteiger partial charge is 0.147 e. The molecule has 0 aliphatic carbocycles. The Labute approximate surface area is 118 Å². The van der Waals surface area contributed by atoms with Gasteiger partial charge in [0.1, 0.15) is 12.2 Å². The number of rotatable bonds is 2. The molecule has 0 saturated heterocycles. The van der Waals surface area contributed by atoms with Crippen molar-refractivity contribution in [1.82, 2.24) is 19.7 Å². The Morgan fingerprint density at radius 2 is 2.20 bits per heavy atom. The maximum atomic E-state index is 4.19. The van der Waals surface area contributed by atoms with Gasteiger partial charge in [-0.1, -0.05) is 18.2 Å². The lowest BCUT2D eigenvalue weighted by molar-refractivity contribution is 0.186. The van der Waals surface area contributed by atoms with Crippen LogP contribution in [0, 0.1) is 5.92 Å². The molecule has 20 heavy (non-hydrogen) atoms. The molecule has 0 saturated carbocycles. The van der Waals surface area contributed by atoms with Crippen LogP contribution in [-0.2, 0) is 19.5 Å². The van der Waals surface area contributed by atoms with Gasteiger partial charge in [-0.25, -0.2) is 0 Å². The lowest BCUT2D eigenvalue weighted by Crippen LogP contribution is -2.40. The SMILES string of the molecule is c1ccc2c(c1)CC(CN1CCn3cnnc3C1)CN2. The molecular formula is C15H19N5. The summed E-state index contributed by atoms with van der Waals surface area (Å²) in [6.07, 6.45) is 3.01. The second-order valence-electron chi connectivity index (χ2n) is 5.78. The van der Waals surface area contributed by atoms with Crippen LogP contribution < -0.4 is 5.32 Å². The second-order valence-corrected chi connectivity index (χ2v) is 5.78. The first-order valence-electron chi connectivity index (χ1n) is 7.29. The van der Waals surface area contributed by atoms with Crippen LogP contribution >= 0.6 is 0 Å². The monoisotopic (exact) mass is 269 g/mol. The van der Waals surface area contributed by atoms with Gasteiger partial charge in [-0.3, -0.25) is 4.90 Å². The van der Waals surface area contributed by atoms with E-state index in [0.29, 0.717) is 5.92 Å². The summed E-state index contributed by atoms with van der Waals surface area (Å²) in [7, 11) is 0. The van der Waals surface area contributed by atoms with Gasteiger partial charge < -0.3 is 9.88 Å². The largest absolute Gasteiger partial charge is 0.384 e. The summed E-state index contributed by atoms with van der Waals surface area (Å²) in [6.45, 7) is 5.24. The summed E-state index contributed by atoms with van der Waals surface area (Å²) in [6, 6.07) is 8.64. The van der Waals surface area contributed by atoms with Gasteiger partial charge in [0.15, 0.2) is 0 Å². The zero-order chi connectivity index (χ0) is 13.4. The van der Waals surface area contributed by atoms with Gasteiger partial charge in [-0.2, -0.15) is 0 Å². The first kappa shape index (κ1) is 11.9. The maximum Gasteiger partial charge on any atom is 0.147 e. The molecular weight excluding hydrogens is 250 g/mol. The molecule has 3 heterocycles. The molecule has 104 valence electrons. The van der Waals surface area contributed by atoms with Crippen molar-refractivity contribution < 1.29 is 0 Å². The number of fused-ring (bicyclic) bond motifs is 2. The van der Waals surface area contributed by atoms with Crippen LogP contribution in [0.25, 0.3) is 0 Å². The van der Waals surface area contributed by atoms with Gasteiger partial charge in [0.05, 0.1) is 6.54 Å². The van der Waals surface area contributed by atoms with Gasteiger partial charge in [0, 0.05) is 31.9 Å². The third-order valence-electron chi connectivity index (χ3n) is 4.34. The van der Waals surface area contributed by atoms with Crippen molar-refractivity contribution in [2.75, 3.05) is 25.0 Å². The summed E-state index contributed by atoms with van der Waals surface area (Å²) in [5, 5.41) is 11.7. The van der Waals surface area contributed by atoms with Crippen molar-refractivity contribution in [3.63, 3.8) is 0 Å². The van der Waals surface area contributed by atoms with Gasteiger partial charge in [0.2, 0.25) is 0 Å². The average Bonchev–Trinajstić information content (AvgIpc) is 2.95. The number of nitrogens with zero attached hydrogens (tertiary/aromatic N) is 4. The van der Waals surface area contributed by atoms with E-state index in [-0.39, 0.29) is 0 Å². The summed E-state index contributed by atoms with van der Waals surface area (Å²) in [5.74, 6) is 1.78. The molecule has 0 bridgehead atoms. The van der Waals surface area contributed by atoms with Crippen LogP contribution in [0.5, 0.6) is 0 Å². The quantitative estimate of drug-likeness (QED) is 0.894. The van der Waals surface area contributed by atoms with E-state index in [1.807, 2.05) is 6.33 Å². The highest BCUT2D eigenvalue weighted by Crippen LogP contribution is 2.25. The summed E-state index contributed by atoms with van der Waals surface area (Å²) in [5.41, 5.74) is 2.76. The van der Waals surface area contributed by atoms with Gasteiger partial charge in [0.25, 0.3) is 0 Å². The summed E-state index contributed by atoms with van der Waals surface area (Å²) in [4.78, 5) is 2.50. The molecule has 0 amide bonds. The third kappa shape index (κ3) is 2.18. The molecule has 0 radical (unpaired) electrons. The number of anilines is 1. The van der Waals surface area contributed by atoms with E-state index in [0.717, 1.165) is 38.5 Å². The molecule has 4 rings (SSSR count). The third-order valence-corrected chi connectivity index (χ3v) is 4.34.